The van der Waals surface area contributed by atoms with E-state index >= 15 is 0 Å². The largest absolute Gasteiger partial charge is 0.460 e. The molecule has 0 aliphatic carbocycles. The van der Waals surface area contributed by atoms with Gasteiger partial charge in [0.05, 0.1) is 6.04 Å². The number of amides is 1. The molecule has 1 aromatic heterocycles. The van der Waals surface area contributed by atoms with Crippen molar-refractivity contribution in [1.82, 2.24) is 10.3 Å². The highest BCUT2D eigenvalue weighted by Crippen LogP contribution is 2.43. The number of alkyl halides is 5. The van der Waals surface area contributed by atoms with Crippen LogP contribution in [0.4, 0.5) is 26.7 Å². The number of pyridine rings is 1. The quantitative estimate of drug-likeness (QED) is 0.371. The summed E-state index contributed by atoms with van der Waals surface area (Å²) in [6.07, 6.45) is -5.16. The summed E-state index contributed by atoms with van der Waals surface area (Å²) in [5, 5.41) is 2.34. The average molecular weight is 520 g/mol. The number of hydrogen-bond donors (Lipinski definition) is 1. The number of ether oxygens (including phenoxy) is 4. The van der Waals surface area contributed by atoms with Crippen molar-refractivity contribution in [3.63, 3.8) is 0 Å². The Labute approximate surface area is 203 Å². The Hall–Kier alpha value is -3.48. The van der Waals surface area contributed by atoms with Crippen molar-refractivity contribution in [1.29, 1.82) is 0 Å². The van der Waals surface area contributed by atoms with E-state index in [9.17, 15) is 31.5 Å². The summed E-state index contributed by atoms with van der Waals surface area (Å²) in [7, 11) is 0.703. The van der Waals surface area contributed by atoms with E-state index in [1.54, 1.807) is 20.8 Å². The molecule has 0 bridgehead atoms. The highest BCUT2D eigenvalue weighted by molar-refractivity contribution is 5.82. The van der Waals surface area contributed by atoms with E-state index in [1.807, 2.05) is 0 Å². The number of aromatic nitrogens is 1. The van der Waals surface area contributed by atoms with Crippen molar-refractivity contribution < 1.29 is 50.5 Å². The SMILES string of the molecule is CO[C@@](C(=O)OC[C@H](NC(=O)OC(C)(C)C)c1ccnc(OC(F)F)c1)(c1ccccc1)C(F)(F)F. The Morgan fingerprint density at radius 2 is 1.69 bits per heavy atom. The third-order valence-electron chi connectivity index (χ3n) is 4.62. The first-order chi connectivity index (χ1) is 16.7. The molecular weight excluding hydrogens is 495 g/mol. The summed E-state index contributed by atoms with van der Waals surface area (Å²) in [6.45, 7) is 0.656. The molecule has 2 aromatic rings. The molecule has 1 aromatic carbocycles. The van der Waals surface area contributed by atoms with Crippen LogP contribution in [0.3, 0.4) is 0 Å². The fourth-order valence-electron chi connectivity index (χ4n) is 3.12. The van der Waals surface area contributed by atoms with Crippen LogP contribution in [0.15, 0.2) is 48.7 Å². The monoisotopic (exact) mass is 520 g/mol. The predicted molar refractivity (Wildman–Crippen MR) is 115 cm³/mol. The minimum atomic E-state index is -5.22. The van der Waals surface area contributed by atoms with Crippen molar-refractivity contribution in [2.24, 2.45) is 0 Å². The minimum absolute atomic E-state index is 0.0362. The average Bonchev–Trinajstić information content (AvgIpc) is 2.75. The van der Waals surface area contributed by atoms with Crippen molar-refractivity contribution >= 4 is 12.1 Å². The molecule has 0 fully saturated rings. The number of nitrogens with one attached hydrogen (secondary N) is 1. The minimum Gasteiger partial charge on any atom is -0.460 e. The summed E-state index contributed by atoms with van der Waals surface area (Å²) >= 11 is 0. The van der Waals surface area contributed by atoms with E-state index in [2.05, 4.69) is 19.8 Å². The van der Waals surface area contributed by atoms with E-state index < -0.39 is 60.1 Å². The molecule has 198 valence electrons. The first-order valence-electron chi connectivity index (χ1n) is 10.4. The fraction of sp³-hybridized carbons (Fsp3) is 0.435. The van der Waals surface area contributed by atoms with E-state index in [0.717, 1.165) is 24.4 Å². The Balaban J connectivity index is 2.38. The molecule has 0 spiro atoms. The number of hydrogen-bond acceptors (Lipinski definition) is 7. The van der Waals surface area contributed by atoms with Gasteiger partial charge in [0, 0.05) is 24.9 Å². The van der Waals surface area contributed by atoms with Crippen LogP contribution < -0.4 is 10.1 Å². The zero-order valence-corrected chi connectivity index (χ0v) is 19.8. The van der Waals surface area contributed by atoms with Crippen LogP contribution in [-0.4, -0.2) is 49.2 Å². The summed E-state index contributed by atoms with van der Waals surface area (Å²) < 4.78 is 86.6. The second-order valence-corrected chi connectivity index (χ2v) is 8.35. The Bertz CT molecular complexity index is 1030. The van der Waals surface area contributed by atoms with Gasteiger partial charge >= 0.3 is 24.9 Å². The number of carbonyl (C=O) groups is 2. The third-order valence-corrected chi connectivity index (χ3v) is 4.62. The van der Waals surface area contributed by atoms with Crippen LogP contribution in [0.1, 0.15) is 37.9 Å². The van der Waals surface area contributed by atoms with Crippen LogP contribution >= 0.6 is 0 Å². The van der Waals surface area contributed by atoms with E-state index in [4.69, 9.17) is 9.47 Å². The first kappa shape index (κ1) is 28.8. The summed E-state index contributed by atoms with van der Waals surface area (Å²) in [5.41, 5.74) is -4.90. The molecule has 13 heteroatoms. The van der Waals surface area contributed by atoms with E-state index in [-0.39, 0.29) is 5.56 Å². The molecule has 1 amide bonds. The van der Waals surface area contributed by atoms with Gasteiger partial charge in [0.15, 0.2) is 0 Å². The summed E-state index contributed by atoms with van der Waals surface area (Å²) in [5.74, 6) is -2.34. The van der Waals surface area contributed by atoms with Crippen molar-refractivity contribution in [2.45, 2.75) is 50.8 Å². The molecule has 0 saturated carbocycles. The van der Waals surface area contributed by atoms with Crippen molar-refractivity contribution in [3.8, 4) is 5.88 Å². The fourth-order valence-corrected chi connectivity index (χ4v) is 3.12. The Morgan fingerprint density at radius 3 is 2.22 bits per heavy atom. The van der Waals surface area contributed by atoms with Gasteiger partial charge < -0.3 is 24.3 Å². The number of nitrogens with zero attached hydrogens (tertiary/aromatic N) is 1. The van der Waals surface area contributed by atoms with Crippen molar-refractivity contribution in [2.75, 3.05) is 13.7 Å². The van der Waals surface area contributed by atoms with Crippen LogP contribution in [0.5, 0.6) is 5.88 Å². The molecule has 36 heavy (non-hydrogen) atoms. The number of alkyl carbamates (subject to hydrolysis) is 1. The second-order valence-electron chi connectivity index (χ2n) is 8.35. The topological polar surface area (TPSA) is 96.0 Å². The van der Waals surface area contributed by atoms with Crippen molar-refractivity contribution in [3.05, 3.63) is 59.8 Å². The number of carbonyl (C=O) groups excluding carboxylic acids is 2. The van der Waals surface area contributed by atoms with Gasteiger partial charge in [0.2, 0.25) is 5.88 Å². The molecule has 0 unspecified atom stereocenters. The van der Waals surface area contributed by atoms with Gasteiger partial charge in [0.1, 0.15) is 12.2 Å². The number of halogens is 5. The van der Waals surface area contributed by atoms with E-state index in [1.165, 1.54) is 24.3 Å². The molecule has 2 rings (SSSR count). The maximum Gasteiger partial charge on any atom is 0.432 e. The lowest BCUT2D eigenvalue weighted by atomic mass is 9.92. The molecule has 0 aliphatic heterocycles. The maximum atomic E-state index is 14.1. The number of rotatable bonds is 9. The van der Waals surface area contributed by atoms with Crippen LogP contribution in [0.25, 0.3) is 0 Å². The highest BCUT2D eigenvalue weighted by Gasteiger charge is 2.64. The molecule has 0 aliphatic rings. The lowest BCUT2D eigenvalue weighted by Crippen LogP contribution is -2.52. The van der Waals surface area contributed by atoms with Gasteiger partial charge in [-0.2, -0.15) is 22.0 Å². The molecule has 0 radical (unpaired) electrons. The number of benzene rings is 1. The van der Waals surface area contributed by atoms with Crippen LogP contribution in [0.2, 0.25) is 0 Å². The van der Waals surface area contributed by atoms with Crippen LogP contribution in [0, 0.1) is 0 Å². The molecular formula is C23H25F5N2O6. The normalized spacial score (nSPS) is 14.5. The van der Waals surface area contributed by atoms with Gasteiger partial charge in [0.25, 0.3) is 5.60 Å². The molecule has 2 atom stereocenters. The second kappa shape index (κ2) is 11.5. The maximum absolute atomic E-state index is 14.1. The third kappa shape index (κ3) is 7.26. The lowest BCUT2D eigenvalue weighted by Gasteiger charge is -2.33. The predicted octanol–water partition coefficient (Wildman–Crippen LogP) is 4.90. The zero-order valence-electron chi connectivity index (χ0n) is 19.8. The number of esters is 1. The molecule has 1 N–H and O–H groups in total. The first-order valence-corrected chi connectivity index (χ1v) is 10.4. The number of methoxy groups -OCH3 is 1. The van der Waals surface area contributed by atoms with Gasteiger partial charge in [-0.25, -0.2) is 14.6 Å². The van der Waals surface area contributed by atoms with Gasteiger partial charge in [-0.3, -0.25) is 0 Å². The van der Waals surface area contributed by atoms with Gasteiger partial charge in [-0.1, -0.05) is 30.3 Å². The van der Waals surface area contributed by atoms with Gasteiger partial charge in [-0.05, 0) is 32.4 Å². The molecule has 1 heterocycles. The lowest BCUT2D eigenvalue weighted by molar-refractivity contribution is -0.276. The van der Waals surface area contributed by atoms with E-state index in [0.29, 0.717) is 7.11 Å². The van der Waals surface area contributed by atoms with Gasteiger partial charge in [-0.15, -0.1) is 0 Å². The Morgan fingerprint density at radius 1 is 1.06 bits per heavy atom. The standard InChI is InChI=1S/C23H25F5N2O6/c1-21(2,3)36-20(32)30-16(14-10-11-29-17(12-14)35-19(24)25)13-34-18(31)22(33-4,23(26,27)28)15-8-6-5-7-9-15/h5-12,16,19H,13H2,1-4H3,(H,30,32)/t16-,22+/m0/s1. The summed E-state index contributed by atoms with van der Waals surface area (Å²) in [4.78, 5) is 28.8. The summed E-state index contributed by atoms with van der Waals surface area (Å²) in [6, 6.07) is 7.06. The molecule has 8 nitrogen and oxygen atoms in total. The molecule has 0 saturated heterocycles. The Kier molecular flexibility index (Phi) is 9.19. The smallest absolute Gasteiger partial charge is 0.432 e. The highest BCUT2D eigenvalue weighted by atomic mass is 19.4. The van der Waals surface area contributed by atoms with Crippen LogP contribution in [-0.2, 0) is 24.6 Å². The zero-order chi connectivity index (χ0) is 27.1.